The average molecular weight is 507 g/mol. The third-order valence-corrected chi connectivity index (χ3v) is 5.94. The second-order valence-electron chi connectivity index (χ2n) is 8.55. The first kappa shape index (κ1) is 26.6. The van der Waals surface area contributed by atoms with E-state index in [1.807, 2.05) is 32.1 Å². The maximum Gasteiger partial charge on any atom is 0.342 e. The minimum absolute atomic E-state index is 0.0443. The van der Waals surface area contributed by atoms with Crippen LogP contribution in [0.2, 0.25) is 5.02 Å². The van der Waals surface area contributed by atoms with Crippen LogP contribution in [-0.4, -0.2) is 71.2 Å². The van der Waals surface area contributed by atoms with Crippen molar-refractivity contribution in [3.8, 4) is 11.5 Å². The highest BCUT2D eigenvalue weighted by Crippen LogP contribution is 2.37. The van der Waals surface area contributed by atoms with E-state index in [0.29, 0.717) is 25.2 Å². The highest BCUT2D eigenvalue weighted by molar-refractivity contribution is 6.33. The first-order chi connectivity index (χ1) is 16.8. The SMILES string of the molecule is CC1CN(C(=O)CO/N=C2/C=C/CC/C=C/CCOC(=O)c3c(O)cc(O)c(Cl)c3C2)CC(C)O1. The number of carbonyl (C=O) groups is 2. The number of ether oxygens (including phenoxy) is 2. The van der Waals surface area contributed by atoms with Gasteiger partial charge in [-0.2, -0.15) is 0 Å². The maximum atomic E-state index is 12.7. The summed E-state index contributed by atoms with van der Waals surface area (Å²) in [4.78, 5) is 32.3. The third-order valence-electron chi connectivity index (χ3n) is 5.52. The van der Waals surface area contributed by atoms with Crippen molar-refractivity contribution in [3.63, 3.8) is 0 Å². The molecule has 0 saturated carbocycles. The van der Waals surface area contributed by atoms with E-state index in [4.69, 9.17) is 25.9 Å². The van der Waals surface area contributed by atoms with Crippen LogP contribution in [0.5, 0.6) is 11.5 Å². The lowest BCUT2D eigenvalue weighted by atomic mass is 9.99. The molecule has 2 heterocycles. The molecule has 10 heteroatoms. The quantitative estimate of drug-likeness (QED) is 0.364. The van der Waals surface area contributed by atoms with Crippen molar-refractivity contribution in [1.82, 2.24) is 4.90 Å². The van der Waals surface area contributed by atoms with E-state index in [1.54, 1.807) is 11.0 Å². The van der Waals surface area contributed by atoms with Crippen LogP contribution < -0.4 is 0 Å². The van der Waals surface area contributed by atoms with Gasteiger partial charge in [-0.05, 0) is 44.7 Å². The van der Waals surface area contributed by atoms with Gasteiger partial charge in [-0.15, -0.1) is 0 Å². The van der Waals surface area contributed by atoms with Gasteiger partial charge >= 0.3 is 5.97 Å². The molecule has 1 aromatic carbocycles. The van der Waals surface area contributed by atoms with Gasteiger partial charge in [0.1, 0.15) is 17.1 Å². The molecule has 9 nitrogen and oxygen atoms in total. The molecule has 0 radical (unpaired) electrons. The van der Waals surface area contributed by atoms with Crippen molar-refractivity contribution in [3.05, 3.63) is 46.5 Å². The monoisotopic (exact) mass is 506 g/mol. The minimum Gasteiger partial charge on any atom is -0.507 e. The fourth-order valence-corrected chi connectivity index (χ4v) is 4.18. The molecule has 1 fully saturated rings. The summed E-state index contributed by atoms with van der Waals surface area (Å²) in [5.74, 6) is -1.82. The largest absolute Gasteiger partial charge is 0.507 e. The number of phenolic OH excluding ortho intramolecular Hbond substituents is 2. The van der Waals surface area contributed by atoms with Crippen LogP contribution in [0.15, 0.2) is 35.5 Å². The number of oxime groups is 1. The number of amides is 1. The molecule has 0 aliphatic carbocycles. The number of aromatic hydroxyl groups is 2. The van der Waals surface area contributed by atoms with Gasteiger partial charge in [0, 0.05) is 25.6 Å². The molecule has 1 aromatic rings. The molecular weight excluding hydrogens is 476 g/mol. The number of morpholine rings is 1. The lowest BCUT2D eigenvalue weighted by Gasteiger charge is -2.35. The molecule has 190 valence electrons. The zero-order valence-electron chi connectivity index (χ0n) is 19.9. The highest BCUT2D eigenvalue weighted by Gasteiger charge is 2.27. The van der Waals surface area contributed by atoms with Crippen LogP contribution in [0.1, 0.15) is 49.0 Å². The predicted octanol–water partition coefficient (Wildman–Crippen LogP) is 3.76. The van der Waals surface area contributed by atoms with Crippen molar-refractivity contribution in [2.24, 2.45) is 5.16 Å². The Labute approximate surface area is 209 Å². The molecular formula is C25H31ClN2O7. The van der Waals surface area contributed by atoms with Gasteiger partial charge in [-0.3, -0.25) is 4.79 Å². The number of esters is 1. The van der Waals surface area contributed by atoms with E-state index in [0.717, 1.165) is 18.9 Å². The highest BCUT2D eigenvalue weighted by atomic mass is 35.5. The summed E-state index contributed by atoms with van der Waals surface area (Å²) in [6, 6.07) is 0.998. The molecule has 35 heavy (non-hydrogen) atoms. The Morgan fingerprint density at radius 1 is 1.14 bits per heavy atom. The number of halogens is 1. The molecule has 0 spiro atoms. The van der Waals surface area contributed by atoms with E-state index < -0.39 is 11.7 Å². The van der Waals surface area contributed by atoms with Crippen molar-refractivity contribution in [2.75, 3.05) is 26.3 Å². The van der Waals surface area contributed by atoms with Crippen LogP contribution in [-0.2, 0) is 25.5 Å². The van der Waals surface area contributed by atoms with Gasteiger partial charge < -0.3 is 29.4 Å². The van der Waals surface area contributed by atoms with E-state index in [-0.39, 0.29) is 59.6 Å². The molecule has 0 bridgehead atoms. The maximum absolute atomic E-state index is 12.7. The van der Waals surface area contributed by atoms with Crippen molar-refractivity contribution in [1.29, 1.82) is 0 Å². The molecule has 1 amide bonds. The number of hydrogen-bond acceptors (Lipinski definition) is 8. The van der Waals surface area contributed by atoms with Gasteiger partial charge in [0.15, 0.2) is 6.61 Å². The first-order valence-electron chi connectivity index (χ1n) is 11.6. The topological polar surface area (TPSA) is 118 Å². The smallest absolute Gasteiger partial charge is 0.342 e. The number of fused-ring (bicyclic) bond motifs is 1. The number of allylic oxidation sites excluding steroid dienone is 3. The van der Waals surface area contributed by atoms with Crippen LogP contribution in [0.3, 0.4) is 0 Å². The van der Waals surface area contributed by atoms with Gasteiger partial charge in [-0.25, -0.2) is 4.79 Å². The second-order valence-corrected chi connectivity index (χ2v) is 8.92. The van der Waals surface area contributed by atoms with Crippen molar-refractivity contribution in [2.45, 2.75) is 51.7 Å². The second kappa shape index (κ2) is 12.6. The van der Waals surface area contributed by atoms with Gasteiger partial charge in [0.05, 0.1) is 29.5 Å². The first-order valence-corrected chi connectivity index (χ1v) is 12.0. The zero-order valence-corrected chi connectivity index (χ0v) is 20.7. The summed E-state index contributed by atoms with van der Waals surface area (Å²) >= 11 is 6.31. The zero-order chi connectivity index (χ0) is 25.4. The third kappa shape index (κ3) is 7.47. The number of hydrogen-bond donors (Lipinski definition) is 2. The Morgan fingerprint density at radius 3 is 2.57 bits per heavy atom. The minimum atomic E-state index is -0.764. The summed E-state index contributed by atoms with van der Waals surface area (Å²) in [6.07, 6.45) is 9.36. The fraction of sp³-hybridized carbons (Fsp3) is 0.480. The normalized spacial score (nSPS) is 24.7. The lowest BCUT2D eigenvalue weighted by Crippen LogP contribution is -2.49. The van der Waals surface area contributed by atoms with Crippen LogP contribution in [0.25, 0.3) is 0 Å². The van der Waals surface area contributed by atoms with Gasteiger partial charge in [0.25, 0.3) is 5.91 Å². The molecule has 1 saturated heterocycles. The molecule has 2 unspecified atom stereocenters. The average Bonchev–Trinajstić information content (AvgIpc) is 2.79. The number of benzene rings is 1. The van der Waals surface area contributed by atoms with Gasteiger partial charge in [-0.1, -0.05) is 35.0 Å². The standard InChI is InChI=1S/C25H31ClN2O7/c1-16-13-28(14-17(2)35-16)22(31)15-34-27-18-9-7-5-3-4-6-8-10-33-25(32)23-19(11-18)24(26)21(30)12-20(23)29/h4,6-7,9,12,16-17,29-30H,3,5,8,10-11,13-15H2,1-2H3/b6-4+,9-7+,27-18-. The van der Waals surface area contributed by atoms with Crippen LogP contribution in [0, 0.1) is 0 Å². The predicted molar refractivity (Wildman–Crippen MR) is 131 cm³/mol. The summed E-state index contributed by atoms with van der Waals surface area (Å²) in [7, 11) is 0. The molecule has 2 atom stereocenters. The molecule has 2 aliphatic rings. The van der Waals surface area contributed by atoms with E-state index in [2.05, 4.69) is 5.16 Å². The molecule has 2 N–H and O–H groups in total. The molecule has 0 aromatic heterocycles. The van der Waals surface area contributed by atoms with Crippen LogP contribution in [0.4, 0.5) is 0 Å². The number of phenols is 2. The number of carbonyl (C=O) groups excluding carboxylic acids is 2. The molecule has 3 rings (SSSR count). The Hall–Kier alpha value is -3.04. The number of nitrogens with zero attached hydrogens (tertiary/aromatic N) is 2. The summed E-state index contributed by atoms with van der Waals surface area (Å²) in [5.41, 5.74) is 0.349. The van der Waals surface area contributed by atoms with Crippen LogP contribution >= 0.6 is 11.6 Å². The van der Waals surface area contributed by atoms with Crippen molar-refractivity contribution >= 4 is 29.2 Å². The summed E-state index contributed by atoms with van der Waals surface area (Å²) in [5, 5.41) is 24.5. The fourth-order valence-electron chi connectivity index (χ4n) is 3.96. The van der Waals surface area contributed by atoms with Crippen molar-refractivity contribution < 1.29 is 34.1 Å². The van der Waals surface area contributed by atoms with E-state index in [9.17, 15) is 19.8 Å². The summed E-state index contributed by atoms with van der Waals surface area (Å²) in [6.45, 7) is 4.62. The lowest BCUT2D eigenvalue weighted by molar-refractivity contribution is -0.147. The van der Waals surface area contributed by atoms with Gasteiger partial charge in [0.2, 0.25) is 0 Å². The number of cyclic esters (lactones) is 1. The Bertz CT molecular complexity index is 1010. The Balaban J connectivity index is 1.84. The number of rotatable bonds is 3. The Morgan fingerprint density at radius 2 is 1.83 bits per heavy atom. The van der Waals surface area contributed by atoms with E-state index >= 15 is 0 Å². The summed E-state index contributed by atoms with van der Waals surface area (Å²) < 4.78 is 10.9. The van der Waals surface area contributed by atoms with E-state index in [1.165, 1.54) is 0 Å². The molecule has 2 aliphatic heterocycles. The Kier molecular flexibility index (Phi) is 9.56.